The number of aryl methyl sites for hydroxylation is 1. The number of rotatable bonds is 5. The first-order valence-corrected chi connectivity index (χ1v) is 7.61. The van der Waals surface area contributed by atoms with Gasteiger partial charge in [0.1, 0.15) is 0 Å². The second-order valence-electron chi connectivity index (χ2n) is 6.03. The highest BCUT2D eigenvalue weighted by Gasteiger charge is 2.23. The lowest BCUT2D eigenvalue weighted by atomic mass is 9.79. The number of nitrogens with one attached hydrogen (secondary N) is 1. The molecule has 0 aromatic carbocycles. The smallest absolute Gasteiger partial charge is 0.330 e. The Morgan fingerprint density at radius 2 is 1.90 bits per heavy atom. The van der Waals surface area contributed by atoms with Crippen LogP contribution >= 0.6 is 0 Å². The van der Waals surface area contributed by atoms with Crippen LogP contribution < -0.4 is 16.6 Å². The van der Waals surface area contributed by atoms with Gasteiger partial charge in [-0.2, -0.15) is 0 Å². The van der Waals surface area contributed by atoms with Gasteiger partial charge in [-0.3, -0.25) is 9.36 Å². The molecule has 2 rings (SSSR count). The van der Waals surface area contributed by atoms with Crippen molar-refractivity contribution in [2.75, 3.05) is 13.2 Å². The molecular weight excluding hydrogens is 270 g/mol. The van der Waals surface area contributed by atoms with E-state index in [1.54, 1.807) is 13.2 Å². The zero-order valence-electron chi connectivity index (χ0n) is 12.8. The van der Waals surface area contributed by atoms with Crippen LogP contribution in [0.3, 0.4) is 0 Å². The Bertz CT molecular complexity index is 591. The molecule has 2 N–H and O–H groups in total. The minimum Gasteiger partial charge on any atom is -0.396 e. The van der Waals surface area contributed by atoms with Gasteiger partial charge in [-0.15, -0.1) is 0 Å². The van der Waals surface area contributed by atoms with Crippen LogP contribution in [-0.2, 0) is 20.6 Å². The SMILES string of the molecule is Cn1cc(CNCC2CCCCC2CO)c(=O)n(C)c1=O. The second-order valence-corrected chi connectivity index (χ2v) is 6.03. The van der Waals surface area contributed by atoms with E-state index in [1.807, 2.05) is 0 Å². The van der Waals surface area contributed by atoms with Gasteiger partial charge >= 0.3 is 5.69 Å². The standard InChI is InChI=1S/C15H25N3O3/c1-17-9-13(14(20)18(2)15(17)21)8-16-7-11-5-3-4-6-12(11)10-19/h9,11-12,16,19H,3-8,10H2,1-2H3. The first-order chi connectivity index (χ1) is 10.0. The third-order valence-electron chi connectivity index (χ3n) is 4.54. The third-order valence-corrected chi connectivity index (χ3v) is 4.54. The van der Waals surface area contributed by atoms with Gasteiger partial charge in [0.05, 0.1) is 0 Å². The predicted molar refractivity (Wildman–Crippen MR) is 81.2 cm³/mol. The minimum atomic E-state index is -0.309. The maximum absolute atomic E-state index is 12.0. The number of aromatic nitrogens is 2. The molecule has 0 bridgehead atoms. The molecular formula is C15H25N3O3. The Kier molecular flexibility index (Phi) is 5.36. The molecule has 2 atom stereocenters. The summed E-state index contributed by atoms with van der Waals surface area (Å²) in [7, 11) is 3.14. The van der Waals surface area contributed by atoms with E-state index < -0.39 is 0 Å². The summed E-state index contributed by atoms with van der Waals surface area (Å²) in [5.74, 6) is 0.842. The molecule has 1 aliphatic rings. The molecule has 1 saturated carbocycles. The van der Waals surface area contributed by atoms with Crippen molar-refractivity contribution in [2.24, 2.45) is 25.9 Å². The van der Waals surface area contributed by atoms with Crippen molar-refractivity contribution in [1.29, 1.82) is 0 Å². The average molecular weight is 295 g/mol. The summed E-state index contributed by atoms with van der Waals surface area (Å²) in [6.07, 6.45) is 6.23. The molecule has 0 saturated heterocycles. The zero-order chi connectivity index (χ0) is 15.4. The lowest BCUT2D eigenvalue weighted by molar-refractivity contribution is 0.133. The highest BCUT2D eigenvalue weighted by Crippen LogP contribution is 2.29. The van der Waals surface area contributed by atoms with Crippen LogP contribution in [0.15, 0.2) is 15.8 Å². The fraction of sp³-hybridized carbons (Fsp3) is 0.733. The third kappa shape index (κ3) is 3.63. The summed E-state index contributed by atoms with van der Waals surface area (Å²) in [5.41, 5.74) is 0.0419. The predicted octanol–water partition coefficient (Wildman–Crippen LogP) is -0.0277. The lowest BCUT2D eigenvalue weighted by Crippen LogP contribution is -2.40. The van der Waals surface area contributed by atoms with E-state index >= 15 is 0 Å². The molecule has 6 heteroatoms. The topological polar surface area (TPSA) is 76.3 Å². The van der Waals surface area contributed by atoms with Crippen LogP contribution in [0.25, 0.3) is 0 Å². The van der Waals surface area contributed by atoms with Crippen molar-refractivity contribution >= 4 is 0 Å². The first-order valence-electron chi connectivity index (χ1n) is 7.61. The summed E-state index contributed by atoms with van der Waals surface area (Å²) in [6.45, 7) is 1.50. The largest absolute Gasteiger partial charge is 0.396 e. The van der Waals surface area contributed by atoms with Crippen LogP contribution in [0.2, 0.25) is 0 Å². The highest BCUT2D eigenvalue weighted by molar-refractivity contribution is 5.05. The molecule has 0 amide bonds. The second kappa shape index (κ2) is 7.04. The van der Waals surface area contributed by atoms with Crippen LogP contribution in [0.1, 0.15) is 31.2 Å². The minimum absolute atomic E-state index is 0.243. The van der Waals surface area contributed by atoms with Gasteiger partial charge in [0.2, 0.25) is 0 Å². The van der Waals surface area contributed by atoms with Gasteiger partial charge in [-0.1, -0.05) is 12.8 Å². The Hall–Kier alpha value is -1.40. The van der Waals surface area contributed by atoms with Crippen LogP contribution in [0.4, 0.5) is 0 Å². The summed E-state index contributed by atoms with van der Waals surface area (Å²) < 4.78 is 2.56. The van der Waals surface area contributed by atoms with Gasteiger partial charge in [0.15, 0.2) is 0 Å². The maximum atomic E-state index is 12.0. The van der Waals surface area contributed by atoms with Gasteiger partial charge in [0.25, 0.3) is 5.56 Å². The molecule has 1 heterocycles. The van der Waals surface area contributed by atoms with E-state index in [4.69, 9.17) is 0 Å². The van der Waals surface area contributed by atoms with Gasteiger partial charge in [-0.05, 0) is 31.2 Å². The summed E-state index contributed by atoms with van der Waals surface area (Å²) in [4.78, 5) is 23.6. The van der Waals surface area contributed by atoms with E-state index in [0.29, 0.717) is 23.9 Å². The Labute approximate surface area is 124 Å². The Morgan fingerprint density at radius 1 is 1.24 bits per heavy atom. The molecule has 1 aromatic heterocycles. The Morgan fingerprint density at radius 3 is 2.57 bits per heavy atom. The molecule has 21 heavy (non-hydrogen) atoms. The van der Waals surface area contributed by atoms with Gasteiger partial charge in [0, 0.05) is 39.0 Å². The van der Waals surface area contributed by atoms with E-state index in [1.165, 1.54) is 24.5 Å². The lowest BCUT2D eigenvalue weighted by Gasteiger charge is -2.30. The molecule has 0 radical (unpaired) electrons. The molecule has 1 fully saturated rings. The Balaban J connectivity index is 1.98. The average Bonchev–Trinajstić information content (AvgIpc) is 2.50. The first kappa shape index (κ1) is 16.0. The number of nitrogens with zero attached hydrogens (tertiary/aromatic N) is 2. The van der Waals surface area contributed by atoms with Crippen molar-refractivity contribution < 1.29 is 5.11 Å². The van der Waals surface area contributed by atoms with Crippen molar-refractivity contribution in [1.82, 2.24) is 14.5 Å². The number of aliphatic hydroxyl groups is 1. The summed E-state index contributed by atoms with van der Waals surface area (Å²) >= 11 is 0. The molecule has 2 unspecified atom stereocenters. The van der Waals surface area contributed by atoms with Gasteiger partial charge in [-0.25, -0.2) is 4.79 Å². The van der Waals surface area contributed by atoms with Crippen molar-refractivity contribution in [3.8, 4) is 0 Å². The quantitative estimate of drug-likeness (QED) is 0.800. The fourth-order valence-electron chi connectivity index (χ4n) is 3.19. The molecule has 1 aromatic rings. The van der Waals surface area contributed by atoms with E-state index in [9.17, 15) is 14.7 Å². The zero-order valence-corrected chi connectivity index (χ0v) is 12.8. The van der Waals surface area contributed by atoms with Crippen LogP contribution in [-0.4, -0.2) is 27.4 Å². The molecule has 1 aliphatic carbocycles. The highest BCUT2D eigenvalue weighted by atomic mass is 16.3. The van der Waals surface area contributed by atoms with Crippen molar-refractivity contribution in [2.45, 2.75) is 32.2 Å². The molecule has 6 nitrogen and oxygen atoms in total. The summed E-state index contributed by atoms with van der Waals surface area (Å²) in [5, 5.41) is 12.7. The van der Waals surface area contributed by atoms with Gasteiger partial charge < -0.3 is 15.0 Å². The van der Waals surface area contributed by atoms with Crippen LogP contribution in [0.5, 0.6) is 0 Å². The fourth-order valence-corrected chi connectivity index (χ4v) is 3.19. The monoisotopic (exact) mass is 295 g/mol. The summed E-state index contributed by atoms with van der Waals surface area (Å²) in [6, 6.07) is 0. The van der Waals surface area contributed by atoms with E-state index in [0.717, 1.165) is 24.0 Å². The number of hydrogen-bond donors (Lipinski definition) is 2. The van der Waals surface area contributed by atoms with E-state index in [2.05, 4.69) is 5.32 Å². The molecule has 0 aliphatic heterocycles. The maximum Gasteiger partial charge on any atom is 0.330 e. The van der Waals surface area contributed by atoms with Crippen molar-refractivity contribution in [3.05, 3.63) is 32.6 Å². The van der Waals surface area contributed by atoms with Crippen LogP contribution in [0, 0.1) is 11.8 Å². The van der Waals surface area contributed by atoms with E-state index in [-0.39, 0.29) is 17.9 Å². The normalized spacial score (nSPS) is 22.4. The molecule has 118 valence electrons. The number of hydrogen-bond acceptors (Lipinski definition) is 4. The number of aliphatic hydroxyl groups excluding tert-OH is 1. The van der Waals surface area contributed by atoms with Crippen molar-refractivity contribution in [3.63, 3.8) is 0 Å². The molecule has 0 spiro atoms.